The first kappa shape index (κ1) is 13.8. The van der Waals surface area contributed by atoms with Gasteiger partial charge in [0.25, 0.3) is 0 Å². The first-order chi connectivity index (χ1) is 9.13. The van der Waals surface area contributed by atoms with Gasteiger partial charge >= 0.3 is 6.03 Å². The predicted molar refractivity (Wildman–Crippen MR) is 74.3 cm³/mol. The number of rotatable bonds is 4. The summed E-state index contributed by atoms with van der Waals surface area (Å²) < 4.78 is 10.3. The number of halogens is 1. The Balaban J connectivity index is 2.10. The van der Waals surface area contributed by atoms with Crippen molar-refractivity contribution < 1.29 is 14.3 Å². The molecule has 0 aliphatic heterocycles. The SMILES string of the molecule is COc1cc(NC(=O)NC2CCC2)c(OC)cc1Cl. The third kappa shape index (κ3) is 3.23. The molecule has 6 heteroatoms. The average Bonchev–Trinajstić information content (AvgIpc) is 2.35. The van der Waals surface area contributed by atoms with E-state index in [2.05, 4.69) is 10.6 Å². The van der Waals surface area contributed by atoms with Crippen molar-refractivity contribution in [3.63, 3.8) is 0 Å². The lowest BCUT2D eigenvalue weighted by molar-refractivity contribution is 0.240. The van der Waals surface area contributed by atoms with Crippen molar-refractivity contribution in [3.05, 3.63) is 17.2 Å². The van der Waals surface area contributed by atoms with Crippen LogP contribution in [0, 0.1) is 0 Å². The summed E-state index contributed by atoms with van der Waals surface area (Å²) in [6.45, 7) is 0. The number of nitrogens with one attached hydrogen (secondary N) is 2. The van der Waals surface area contributed by atoms with Crippen molar-refractivity contribution >= 4 is 23.3 Å². The molecule has 2 rings (SSSR count). The Hall–Kier alpha value is -1.62. The van der Waals surface area contributed by atoms with E-state index >= 15 is 0 Å². The molecule has 0 saturated heterocycles. The van der Waals surface area contributed by atoms with Crippen molar-refractivity contribution in [2.24, 2.45) is 0 Å². The molecule has 1 aromatic rings. The zero-order valence-electron chi connectivity index (χ0n) is 11.0. The van der Waals surface area contributed by atoms with E-state index in [1.54, 1.807) is 12.1 Å². The maximum Gasteiger partial charge on any atom is 0.319 e. The van der Waals surface area contributed by atoms with Gasteiger partial charge in [-0.1, -0.05) is 11.6 Å². The van der Waals surface area contributed by atoms with Crippen molar-refractivity contribution in [2.75, 3.05) is 19.5 Å². The standard InChI is InChI=1S/C13H17ClN2O3/c1-18-11-7-10(12(19-2)6-9(11)14)16-13(17)15-8-4-3-5-8/h6-8H,3-5H2,1-2H3,(H2,15,16,17). The number of carbonyl (C=O) groups is 1. The first-order valence-corrected chi connectivity index (χ1v) is 6.51. The van der Waals surface area contributed by atoms with Crippen LogP contribution in [0.4, 0.5) is 10.5 Å². The molecule has 0 bridgehead atoms. The maximum atomic E-state index is 11.8. The minimum atomic E-state index is -0.243. The number of carbonyl (C=O) groups excluding carboxylic acids is 1. The molecule has 104 valence electrons. The number of anilines is 1. The van der Waals surface area contributed by atoms with E-state index < -0.39 is 0 Å². The average molecular weight is 285 g/mol. The fourth-order valence-electron chi connectivity index (χ4n) is 1.85. The molecule has 0 radical (unpaired) electrons. The molecule has 19 heavy (non-hydrogen) atoms. The van der Waals surface area contributed by atoms with Gasteiger partial charge in [0.2, 0.25) is 0 Å². The third-order valence-electron chi connectivity index (χ3n) is 3.16. The van der Waals surface area contributed by atoms with Gasteiger partial charge in [-0.2, -0.15) is 0 Å². The summed E-state index contributed by atoms with van der Waals surface area (Å²) in [5.74, 6) is 0.982. The van der Waals surface area contributed by atoms with Crippen molar-refractivity contribution in [2.45, 2.75) is 25.3 Å². The molecular formula is C13H17ClN2O3. The molecule has 1 aliphatic rings. The number of benzene rings is 1. The largest absolute Gasteiger partial charge is 0.495 e. The second-order valence-corrected chi connectivity index (χ2v) is 4.82. The lowest BCUT2D eigenvalue weighted by atomic mass is 9.93. The van der Waals surface area contributed by atoms with Crippen LogP contribution in [0.2, 0.25) is 5.02 Å². The highest BCUT2D eigenvalue weighted by molar-refractivity contribution is 6.32. The Morgan fingerprint density at radius 3 is 2.47 bits per heavy atom. The molecule has 5 nitrogen and oxygen atoms in total. The van der Waals surface area contributed by atoms with Crippen LogP contribution in [0.1, 0.15) is 19.3 Å². The van der Waals surface area contributed by atoms with E-state index in [9.17, 15) is 4.79 Å². The van der Waals surface area contributed by atoms with Gasteiger partial charge in [-0.3, -0.25) is 0 Å². The molecule has 2 N–H and O–H groups in total. The molecular weight excluding hydrogens is 268 g/mol. The number of urea groups is 1. The van der Waals surface area contributed by atoms with Crippen molar-refractivity contribution in [1.29, 1.82) is 0 Å². The highest BCUT2D eigenvalue weighted by Crippen LogP contribution is 2.35. The van der Waals surface area contributed by atoms with Gasteiger partial charge in [0.1, 0.15) is 11.5 Å². The van der Waals surface area contributed by atoms with Crippen LogP contribution < -0.4 is 20.1 Å². The van der Waals surface area contributed by atoms with Crippen LogP contribution in [0.5, 0.6) is 11.5 Å². The molecule has 1 aromatic carbocycles. The Morgan fingerprint density at radius 1 is 1.26 bits per heavy atom. The van der Waals surface area contributed by atoms with E-state index in [0.717, 1.165) is 12.8 Å². The Bertz CT molecular complexity index is 475. The second kappa shape index (κ2) is 6.02. The summed E-state index contributed by atoms with van der Waals surface area (Å²) in [7, 11) is 3.04. The molecule has 2 amide bonds. The van der Waals surface area contributed by atoms with Crippen molar-refractivity contribution in [1.82, 2.24) is 5.32 Å². The van der Waals surface area contributed by atoms with Gasteiger partial charge in [0, 0.05) is 18.2 Å². The minimum Gasteiger partial charge on any atom is -0.495 e. The Kier molecular flexibility index (Phi) is 4.37. The molecule has 0 spiro atoms. The normalized spacial score (nSPS) is 14.5. The van der Waals surface area contributed by atoms with E-state index in [0.29, 0.717) is 22.2 Å². The lowest BCUT2D eigenvalue weighted by Gasteiger charge is -2.26. The molecule has 0 heterocycles. The Morgan fingerprint density at radius 2 is 1.95 bits per heavy atom. The number of amides is 2. The molecule has 1 saturated carbocycles. The number of methoxy groups -OCH3 is 2. The maximum absolute atomic E-state index is 11.8. The quantitative estimate of drug-likeness (QED) is 0.893. The van der Waals surface area contributed by atoms with Gasteiger partial charge in [-0.05, 0) is 19.3 Å². The third-order valence-corrected chi connectivity index (χ3v) is 3.46. The monoisotopic (exact) mass is 284 g/mol. The fourth-order valence-corrected chi connectivity index (χ4v) is 2.09. The summed E-state index contributed by atoms with van der Waals surface area (Å²) >= 11 is 6.00. The summed E-state index contributed by atoms with van der Waals surface area (Å²) in [5.41, 5.74) is 0.528. The lowest BCUT2D eigenvalue weighted by Crippen LogP contribution is -2.41. The van der Waals surface area contributed by atoms with Gasteiger partial charge in [0.05, 0.1) is 24.9 Å². The van der Waals surface area contributed by atoms with Gasteiger partial charge in [-0.15, -0.1) is 0 Å². The van der Waals surface area contributed by atoms with Crippen molar-refractivity contribution in [3.8, 4) is 11.5 Å². The molecule has 1 aliphatic carbocycles. The van der Waals surface area contributed by atoms with Gasteiger partial charge in [-0.25, -0.2) is 4.79 Å². The van der Waals surface area contributed by atoms with Gasteiger partial charge < -0.3 is 20.1 Å². The summed E-state index contributed by atoms with van der Waals surface area (Å²) in [6, 6.07) is 3.29. The van der Waals surface area contributed by atoms with Crippen LogP contribution in [-0.2, 0) is 0 Å². The van der Waals surface area contributed by atoms with E-state index in [1.165, 1.54) is 20.6 Å². The zero-order chi connectivity index (χ0) is 13.8. The zero-order valence-corrected chi connectivity index (χ0v) is 11.7. The van der Waals surface area contributed by atoms with Gasteiger partial charge in [0.15, 0.2) is 0 Å². The van der Waals surface area contributed by atoms with E-state index in [-0.39, 0.29) is 12.1 Å². The number of hydrogen-bond acceptors (Lipinski definition) is 3. The fraction of sp³-hybridized carbons (Fsp3) is 0.462. The van der Waals surface area contributed by atoms with Crippen LogP contribution >= 0.6 is 11.6 Å². The highest BCUT2D eigenvalue weighted by Gasteiger charge is 2.20. The van der Waals surface area contributed by atoms with Crippen LogP contribution in [0.15, 0.2) is 12.1 Å². The van der Waals surface area contributed by atoms with Crippen LogP contribution in [-0.4, -0.2) is 26.3 Å². The summed E-state index contributed by atoms with van der Waals surface area (Å²) in [4.78, 5) is 11.8. The Labute approximate surface area is 117 Å². The first-order valence-electron chi connectivity index (χ1n) is 6.13. The summed E-state index contributed by atoms with van der Waals surface area (Å²) in [5, 5.41) is 6.07. The molecule has 0 unspecified atom stereocenters. The smallest absolute Gasteiger partial charge is 0.319 e. The van der Waals surface area contributed by atoms with Crippen LogP contribution in [0.25, 0.3) is 0 Å². The van der Waals surface area contributed by atoms with E-state index in [4.69, 9.17) is 21.1 Å². The minimum absolute atomic E-state index is 0.243. The van der Waals surface area contributed by atoms with Crippen LogP contribution in [0.3, 0.4) is 0 Å². The molecule has 0 aromatic heterocycles. The molecule has 1 fully saturated rings. The second-order valence-electron chi connectivity index (χ2n) is 4.41. The highest BCUT2D eigenvalue weighted by atomic mass is 35.5. The predicted octanol–water partition coefficient (Wildman–Crippen LogP) is 3.03. The van der Waals surface area contributed by atoms with E-state index in [1.807, 2.05) is 0 Å². The number of ether oxygens (including phenoxy) is 2. The summed E-state index contributed by atoms with van der Waals surface area (Å²) in [6.07, 6.45) is 3.24. The topological polar surface area (TPSA) is 59.6 Å². The molecule has 0 atom stereocenters. The number of hydrogen-bond donors (Lipinski definition) is 2.